The van der Waals surface area contributed by atoms with E-state index in [0.29, 0.717) is 10.7 Å². The van der Waals surface area contributed by atoms with Gasteiger partial charge in [-0.25, -0.2) is 13.4 Å². The minimum atomic E-state index is -3.67. The van der Waals surface area contributed by atoms with Crippen molar-refractivity contribution >= 4 is 38.3 Å². The monoisotopic (exact) mass is 419 g/mol. The molecule has 1 saturated heterocycles. The lowest BCUT2D eigenvalue weighted by molar-refractivity contribution is -0.887. The van der Waals surface area contributed by atoms with Gasteiger partial charge in [0, 0.05) is 24.9 Å². The molecule has 3 aromatic rings. The fraction of sp³-hybridized carbons (Fsp3) is 0.350. The van der Waals surface area contributed by atoms with Crippen LogP contribution < -0.4 is 9.62 Å². The predicted octanol–water partition coefficient (Wildman–Crippen LogP) is 2.25. The van der Waals surface area contributed by atoms with E-state index in [-0.39, 0.29) is 4.90 Å². The lowest BCUT2D eigenvalue weighted by Gasteiger charge is -2.11. The number of halogens is 1. The molecule has 0 spiro atoms. The van der Waals surface area contributed by atoms with Gasteiger partial charge in [-0.15, -0.1) is 0 Å². The Morgan fingerprint density at radius 2 is 1.86 bits per heavy atom. The third-order valence-electron chi connectivity index (χ3n) is 5.36. The Balaban J connectivity index is 1.54. The van der Waals surface area contributed by atoms with Crippen LogP contribution in [0.2, 0.25) is 5.02 Å². The average molecular weight is 420 g/mol. The maximum atomic E-state index is 12.6. The summed E-state index contributed by atoms with van der Waals surface area (Å²) >= 11 is 5.84. The number of aromatic nitrogens is 2. The molecule has 0 atom stereocenters. The number of aryl methyl sites for hydroxylation is 1. The van der Waals surface area contributed by atoms with Crippen LogP contribution in [0.5, 0.6) is 0 Å². The second-order valence-corrected chi connectivity index (χ2v) is 9.43. The number of hydrogen-bond donors (Lipinski definition) is 2. The summed E-state index contributed by atoms with van der Waals surface area (Å²) in [7, 11) is -1.65. The molecule has 2 heterocycles. The fourth-order valence-electron chi connectivity index (χ4n) is 3.78. The first kappa shape index (κ1) is 19.2. The van der Waals surface area contributed by atoms with E-state index >= 15 is 0 Å². The molecule has 0 aliphatic carbocycles. The Morgan fingerprint density at radius 1 is 1.14 bits per heavy atom. The van der Waals surface area contributed by atoms with E-state index in [2.05, 4.69) is 9.29 Å². The second-order valence-electron chi connectivity index (χ2n) is 7.31. The van der Waals surface area contributed by atoms with Gasteiger partial charge in [0.15, 0.2) is 0 Å². The maximum absolute atomic E-state index is 12.6. The van der Waals surface area contributed by atoms with Gasteiger partial charge in [0.2, 0.25) is 0 Å². The van der Waals surface area contributed by atoms with Gasteiger partial charge in [-0.3, -0.25) is 4.72 Å². The Kier molecular flexibility index (Phi) is 5.31. The first-order chi connectivity index (χ1) is 13.4. The van der Waals surface area contributed by atoms with Crippen molar-refractivity contribution < 1.29 is 13.3 Å². The fourth-order valence-corrected chi connectivity index (χ4v) is 4.95. The van der Waals surface area contributed by atoms with Crippen LogP contribution in [-0.4, -0.2) is 37.6 Å². The normalized spacial score (nSPS) is 15.4. The van der Waals surface area contributed by atoms with Gasteiger partial charge in [0.25, 0.3) is 10.0 Å². The van der Waals surface area contributed by atoms with Crippen molar-refractivity contribution in [1.29, 1.82) is 0 Å². The first-order valence-electron chi connectivity index (χ1n) is 9.50. The van der Waals surface area contributed by atoms with Gasteiger partial charge in [-0.1, -0.05) is 11.6 Å². The number of likely N-dealkylation sites (tertiary alicyclic amines) is 1. The molecule has 6 nitrogen and oxygen atoms in total. The van der Waals surface area contributed by atoms with Crippen molar-refractivity contribution in [2.24, 2.45) is 7.05 Å². The van der Waals surface area contributed by atoms with Crippen molar-refractivity contribution in [3.8, 4) is 0 Å². The molecule has 4 rings (SSSR count). The van der Waals surface area contributed by atoms with Gasteiger partial charge in [0.1, 0.15) is 5.82 Å². The summed E-state index contributed by atoms with van der Waals surface area (Å²) in [4.78, 5) is 6.56. The summed E-state index contributed by atoms with van der Waals surface area (Å²) in [6.45, 7) is 3.59. The standard InChI is InChI=1S/C20H23ClN4O2S/c1-24-19-9-6-16(23-28(26,27)17-7-4-15(21)5-8-17)14-18(19)22-20(24)10-13-25-11-2-3-12-25/h4-9,14,23H,2-3,10-13H2,1H3/p+1. The number of fused-ring (bicyclic) bond motifs is 1. The number of rotatable bonds is 6. The summed E-state index contributed by atoms with van der Waals surface area (Å²) in [6, 6.07) is 11.6. The van der Waals surface area contributed by atoms with Crippen LogP contribution in [-0.2, 0) is 23.5 Å². The number of hydrogen-bond acceptors (Lipinski definition) is 3. The Bertz CT molecular complexity index is 1090. The van der Waals surface area contributed by atoms with E-state index < -0.39 is 10.0 Å². The van der Waals surface area contributed by atoms with Crippen LogP contribution >= 0.6 is 11.6 Å². The van der Waals surface area contributed by atoms with E-state index in [1.807, 2.05) is 13.1 Å². The van der Waals surface area contributed by atoms with Crippen molar-refractivity contribution in [2.45, 2.75) is 24.2 Å². The molecule has 28 heavy (non-hydrogen) atoms. The van der Waals surface area contributed by atoms with E-state index in [1.54, 1.807) is 29.2 Å². The highest BCUT2D eigenvalue weighted by Gasteiger charge is 2.18. The van der Waals surface area contributed by atoms with E-state index in [0.717, 1.165) is 29.8 Å². The number of benzene rings is 2. The number of sulfonamides is 1. The number of imidazole rings is 1. The van der Waals surface area contributed by atoms with Gasteiger partial charge < -0.3 is 9.47 Å². The SMILES string of the molecule is Cn1c(CC[NH+]2CCCC2)nc2cc(NS(=O)(=O)c3ccc(Cl)cc3)ccc21. The lowest BCUT2D eigenvalue weighted by atomic mass is 10.3. The van der Waals surface area contributed by atoms with Crippen LogP contribution in [0, 0.1) is 0 Å². The highest BCUT2D eigenvalue weighted by Crippen LogP contribution is 2.23. The quantitative estimate of drug-likeness (QED) is 0.644. The smallest absolute Gasteiger partial charge is 0.261 e. The molecule has 0 saturated carbocycles. The van der Waals surface area contributed by atoms with Crippen molar-refractivity contribution in [3.05, 3.63) is 53.3 Å². The molecule has 1 aliphatic heterocycles. The van der Waals surface area contributed by atoms with Gasteiger partial charge in [-0.2, -0.15) is 0 Å². The molecule has 148 valence electrons. The van der Waals surface area contributed by atoms with E-state index in [1.165, 1.54) is 38.1 Å². The molecule has 1 aliphatic rings. The molecule has 0 unspecified atom stereocenters. The minimum Gasteiger partial charge on any atom is -0.335 e. The number of nitrogens with zero attached hydrogens (tertiary/aromatic N) is 2. The Labute approximate surface area is 170 Å². The molecular formula is C20H24ClN4O2S+. The Hall–Kier alpha value is -2.09. The van der Waals surface area contributed by atoms with E-state index in [9.17, 15) is 8.42 Å². The number of anilines is 1. The highest BCUT2D eigenvalue weighted by molar-refractivity contribution is 7.92. The maximum Gasteiger partial charge on any atom is 0.261 e. The zero-order chi connectivity index (χ0) is 19.7. The molecule has 1 aromatic heterocycles. The molecule has 0 radical (unpaired) electrons. The topological polar surface area (TPSA) is 68.4 Å². The summed E-state index contributed by atoms with van der Waals surface area (Å²) in [5.41, 5.74) is 2.29. The average Bonchev–Trinajstić information content (AvgIpc) is 3.28. The third kappa shape index (κ3) is 4.01. The molecule has 1 fully saturated rings. The molecule has 0 bridgehead atoms. The molecule has 2 N–H and O–H groups in total. The zero-order valence-electron chi connectivity index (χ0n) is 15.8. The van der Waals surface area contributed by atoms with Crippen molar-refractivity contribution in [2.75, 3.05) is 24.4 Å². The van der Waals surface area contributed by atoms with E-state index in [4.69, 9.17) is 16.6 Å². The highest BCUT2D eigenvalue weighted by atomic mass is 35.5. The molecule has 8 heteroatoms. The summed E-state index contributed by atoms with van der Waals surface area (Å²) in [6.07, 6.45) is 3.55. The summed E-state index contributed by atoms with van der Waals surface area (Å²) < 4.78 is 29.9. The minimum absolute atomic E-state index is 0.173. The van der Waals surface area contributed by atoms with Crippen LogP contribution in [0.1, 0.15) is 18.7 Å². The third-order valence-corrected chi connectivity index (χ3v) is 7.01. The number of quaternary nitrogens is 1. The summed E-state index contributed by atoms with van der Waals surface area (Å²) in [5.74, 6) is 1.03. The number of nitrogens with one attached hydrogen (secondary N) is 2. The molecular weight excluding hydrogens is 396 g/mol. The van der Waals surface area contributed by atoms with Crippen LogP contribution in [0.25, 0.3) is 11.0 Å². The van der Waals surface area contributed by atoms with Gasteiger partial charge >= 0.3 is 0 Å². The second kappa shape index (κ2) is 7.73. The lowest BCUT2D eigenvalue weighted by Crippen LogP contribution is -3.10. The van der Waals surface area contributed by atoms with Crippen molar-refractivity contribution in [1.82, 2.24) is 9.55 Å². The van der Waals surface area contributed by atoms with Crippen molar-refractivity contribution in [3.63, 3.8) is 0 Å². The van der Waals surface area contributed by atoms with Crippen LogP contribution in [0.15, 0.2) is 47.4 Å². The zero-order valence-corrected chi connectivity index (χ0v) is 17.4. The summed E-state index contributed by atoms with van der Waals surface area (Å²) in [5, 5.41) is 0.497. The predicted molar refractivity (Wildman–Crippen MR) is 111 cm³/mol. The largest absolute Gasteiger partial charge is 0.335 e. The van der Waals surface area contributed by atoms with Crippen LogP contribution in [0.4, 0.5) is 5.69 Å². The molecule has 2 aromatic carbocycles. The molecule has 0 amide bonds. The Morgan fingerprint density at radius 3 is 2.57 bits per heavy atom. The van der Waals surface area contributed by atoms with Gasteiger partial charge in [-0.05, 0) is 42.5 Å². The van der Waals surface area contributed by atoms with Gasteiger partial charge in [0.05, 0.1) is 47.7 Å². The van der Waals surface area contributed by atoms with Crippen LogP contribution in [0.3, 0.4) is 0 Å². The first-order valence-corrected chi connectivity index (χ1v) is 11.4.